The summed E-state index contributed by atoms with van der Waals surface area (Å²) in [4.78, 5) is 9.00. The number of aryl methyl sites for hydroxylation is 2. The number of hydrogen-bond donors (Lipinski definition) is 2. The SMILES string of the molecule is Cc1cc(NCC(C)C)nc(Nc2cccc(C)c2C)n1. The molecule has 4 nitrogen and oxygen atoms in total. The molecule has 0 aliphatic heterocycles. The van der Waals surface area contributed by atoms with Crippen LogP contribution < -0.4 is 10.6 Å². The Bertz CT molecular complexity index is 620. The zero-order chi connectivity index (χ0) is 15.4. The van der Waals surface area contributed by atoms with Crippen molar-refractivity contribution in [2.75, 3.05) is 17.2 Å². The van der Waals surface area contributed by atoms with Gasteiger partial charge in [0.15, 0.2) is 0 Å². The van der Waals surface area contributed by atoms with Crippen molar-refractivity contribution in [3.05, 3.63) is 41.1 Å². The zero-order valence-electron chi connectivity index (χ0n) is 13.5. The third-order valence-corrected chi connectivity index (χ3v) is 3.40. The Kier molecular flexibility index (Phi) is 4.78. The maximum Gasteiger partial charge on any atom is 0.229 e. The molecule has 0 saturated carbocycles. The van der Waals surface area contributed by atoms with Crippen molar-refractivity contribution in [1.29, 1.82) is 0 Å². The van der Waals surface area contributed by atoms with Gasteiger partial charge in [0.1, 0.15) is 5.82 Å². The molecule has 0 amide bonds. The van der Waals surface area contributed by atoms with E-state index in [2.05, 4.69) is 60.4 Å². The number of hydrogen-bond acceptors (Lipinski definition) is 4. The van der Waals surface area contributed by atoms with Gasteiger partial charge in [-0.25, -0.2) is 4.98 Å². The summed E-state index contributed by atoms with van der Waals surface area (Å²) in [5, 5.41) is 6.67. The minimum Gasteiger partial charge on any atom is -0.370 e. The number of benzene rings is 1. The molecule has 1 heterocycles. The van der Waals surface area contributed by atoms with Crippen LogP contribution in [0.1, 0.15) is 30.7 Å². The van der Waals surface area contributed by atoms with Gasteiger partial charge in [0.2, 0.25) is 5.95 Å². The van der Waals surface area contributed by atoms with E-state index in [1.165, 1.54) is 11.1 Å². The molecule has 0 bridgehead atoms. The largest absolute Gasteiger partial charge is 0.370 e. The highest BCUT2D eigenvalue weighted by atomic mass is 15.1. The molecule has 1 aromatic heterocycles. The first-order valence-electron chi connectivity index (χ1n) is 7.38. The average Bonchev–Trinajstić information content (AvgIpc) is 2.41. The van der Waals surface area contributed by atoms with E-state index >= 15 is 0 Å². The maximum atomic E-state index is 4.54. The van der Waals surface area contributed by atoms with Gasteiger partial charge >= 0.3 is 0 Å². The standard InChI is InChI=1S/C17H24N4/c1-11(2)10-18-16-9-13(4)19-17(21-16)20-15-8-6-7-12(3)14(15)5/h6-9,11H,10H2,1-5H3,(H2,18,19,20,21). The van der Waals surface area contributed by atoms with Crippen LogP contribution in [-0.4, -0.2) is 16.5 Å². The van der Waals surface area contributed by atoms with Gasteiger partial charge in [0.25, 0.3) is 0 Å². The lowest BCUT2D eigenvalue weighted by molar-refractivity contribution is 0.687. The summed E-state index contributed by atoms with van der Waals surface area (Å²) in [5.74, 6) is 2.08. The molecular weight excluding hydrogens is 260 g/mol. The van der Waals surface area contributed by atoms with Crippen molar-refractivity contribution in [2.24, 2.45) is 5.92 Å². The van der Waals surface area contributed by atoms with Crippen molar-refractivity contribution in [2.45, 2.75) is 34.6 Å². The van der Waals surface area contributed by atoms with Gasteiger partial charge in [-0.3, -0.25) is 0 Å². The van der Waals surface area contributed by atoms with E-state index in [0.717, 1.165) is 23.7 Å². The third kappa shape index (κ3) is 4.18. The zero-order valence-corrected chi connectivity index (χ0v) is 13.5. The van der Waals surface area contributed by atoms with Gasteiger partial charge in [0, 0.05) is 24.0 Å². The van der Waals surface area contributed by atoms with E-state index in [1.807, 2.05) is 19.1 Å². The highest BCUT2D eigenvalue weighted by Gasteiger charge is 2.06. The van der Waals surface area contributed by atoms with Crippen LogP contribution >= 0.6 is 0 Å². The Morgan fingerprint density at radius 1 is 1.10 bits per heavy atom. The quantitative estimate of drug-likeness (QED) is 0.863. The monoisotopic (exact) mass is 284 g/mol. The second kappa shape index (κ2) is 6.57. The second-order valence-electron chi connectivity index (χ2n) is 5.87. The van der Waals surface area contributed by atoms with Gasteiger partial charge in [-0.1, -0.05) is 26.0 Å². The van der Waals surface area contributed by atoms with Crippen molar-refractivity contribution < 1.29 is 0 Å². The molecular formula is C17H24N4. The molecule has 112 valence electrons. The first-order valence-corrected chi connectivity index (χ1v) is 7.38. The Labute approximate surface area is 127 Å². The number of rotatable bonds is 5. The summed E-state index contributed by atoms with van der Waals surface area (Å²) in [6.07, 6.45) is 0. The molecule has 2 N–H and O–H groups in total. The van der Waals surface area contributed by atoms with Gasteiger partial charge in [-0.2, -0.15) is 4.98 Å². The molecule has 0 atom stereocenters. The molecule has 0 fully saturated rings. The lowest BCUT2D eigenvalue weighted by atomic mass is 10.1. The lowest BCUT2D eigenvalue weighted by Crippen LogP contribution is -2.11. The molecule has 4 heteroatoms. The van der Waals surface area contributed by atoms with E-state index in [9.17, 15) is 0 Å². The van der Waals surface area contributed by atoms with E-state index in [4.69, 9.17) is 0 Å². The van der Waals surface area contributed by atoms with Crippen LogP contribution in [0, 0.1) is 26.7 Å². The Hall–Kier alpha value is -2.10. The van der Waals surface area contributed by atoms with Crippen LogP contribution in [0.25, 0.3) is 0 Å². The summed E-state index contributed by atoms with van der Waals surface area (Å²) in [6, 6.07) is 8.16. The first kappa shape index (κ1) is 15.3. The van der Waals surface area contributed by atoms with Crippen LogP contribution in [0.5, 0.6) is 0 Å². The van der Waals surface area contributed by atoms with Crippen LogP contribution in [0.4, 0.5) is 17.5 Å². The maximum absolute atomic E-state index is 4.54. The van der Waals surface area contributed by atoms with Crippen LogP contribution in [-0.2, 0) is 0 Å². The fourth-order valence-electron chi connectivity index (χ4n) is 2.03. The summed E-state index contributed by atoms with van der Waals surface area (Å²) in [6.45, 7) is 11.4. The Balaban J connectivity index is 2.21. The number of aromatic nitrogens is 2. The third-order valence-electron chi connectivity index (χ3n) is 3.40. The van der Waals surface area contributed by atoms with E-state index < -0.39 is 0 Å². The minimum absolute atomic E-state index is 0.579. The normalized spacial score (nSPS) is 10.8. The van der Waals surface area contributed by atoms with Crippen LogP contribution in [0.3, 0.4) is 0 Å². The average molecular weight is 284 g/mol. The van der Waals surface area contributed by atoms with Gasteiger partial charge in [-0.05, 0) is 43.9 Å². The summed E-state index contributed by atoms with van der Waals surface area (Å²) >= 11 is 0. The Morgan fingerprint density at radius 3 is 2.57 bits per heavy atom. The predicted molar refractivity (Wildman–Crippen MR) is 89.3 cm³/mol. The van der Waals surface area contributed by atoms with Crippen molar-refractivity contribution in [3.63, 3.8) is 0 Å². The molecule has 1 aromatic carbocycles. The molecule has 0 radical (unpaired) electrons. The molecule has 0 aliphatic carbocycles. The molecule has 21 heavy (non-hydrogen) atoms. The molecule has 0 aliphatic rings. The van der Waals surface area contributed by atoms with Crippen molar-refractivity contribution in [3.8, 4) is 0 Å². The number of anilines is 3. The first-order chi connectivity index (χ1) is 9.95. The Morgan fingerprint density at radius 2 is 1.86 bits per heavy atom. The van der Waals surface area contributed by atoms with Crippen molar-refractivity contribution in [1.82, 2.24) is 9.97 Å². The number of nitrogens with zero attached hydrogens (tertiary/aromatic N) is 2. The van der Waals surface area contributed by atoms with E-state index in [-0.39, 0.29) is 0 Å². The highest BCUT2D eigenvalue weighted by molar-refractivity contribution is 5.61. The molecule has 2 rings (SSSR count). The van der Waals surface area contributed by atoms with E-state index in [0.29, 0.717) is 11.9 Å². The summed E-state index contributed by atoms with van der Waals surface area (Å²) in [5.41, 5.74) is 4.48. The predicted octanol–water partition coefficient (Wildman–Crippen LogP) is 4.21. The lowest BCUT2D eigenvalue weighted by Gasteiger charge is -2.13. The molecule has 2 aromatic rings. The minimum atomic E-state index is 0.579. The van der Waals surface area contributed by atoms with Gasteiger partial charge < -0.3 is 10.6 Å². The smallest absolute Gasteiger partial charge is 0.229 e. The van der Waals surface area contributed by atoms with Gasteiger partial charge in [0.05, 0.1) is 0 Å². The number of nitrogens with one attached hydrogen (secondary N) is 2. The second-order valence-corrected chi connectivity index (χ2v) is 5.87. The molecule has 0 unspecified atom stereocenters. The molecule has 0 spiro atoms. The van der Waals surface area contributed by atoms with E-state index in [1.54, 1.807) is 0 Å². The van der Waals surface area contributed by atoms with Gasteiger partial charge in [-0.15, -0.1) is 0 Å². The fraction of sp³-hybridized carbons (Fsp3) is 0.412. The topological polar surface area (TPSA) is 49.8 Å². The fourth-order valence-corrected chi connectivity index (χ4v) is 2.03. The summed E-state index contributed by atoms with van der Waals surface area (Å²) < 4.78 is 0. The van der Waals surface area contributed by atoms with Crippen LogP contribution in [0.2, 0.25) is 0 Å². The summed E-state index contributed by atoms with van der Waals surface area (Å²) in [7, 11) is 0. The highest BCUT2D eigenvalue weighted by Crippen LogP contribution is 2.22. The van der Waals surface area contributed by atoms with Crippen LogP contribution in [0.15, 0.2) is 24.3 Å². The van der Waals surface area contributed by atoms with Crippen molar-refractivity contribution >= 4 is 17.5 Å². The molecule has 0 saturated heterocycles.